The van der Waals surface area contributed by atoms with Crippen LogP contribution in [0.25, 0.3) is 0 Å². The van der Waals surface area contributed by atoms with Crippen LogP contribution in [0.4, 0.5) is 0 Å². The predicted molar refractivity (Wildman–Crippen MR) is 102 cm³/mol. The minimum atomic E-state index is -0.289. The third-order valence-corrected chi connectivity index (χ3v) is 5.01. The SMILES string of the molecule is CCN(CC)CCOC(=O)C1CCCCC1C(=O)c1ccccc1.Cl. The van der Waals surface area contributed by atoms with Gasteiger partial charge in [-0.3, -0.25) is 9.59 Å². The lowest BCUT2D eigenvalue weighted by Gasteiger charge is -2.29. The van der Waals surface area contributed by atoms with Crippen LogP contribution in [0.15, 0.2) is 30.3 Å². The summed E-state index contributed by atoms with van der Waals surface area (Å²) in [5.41, 5.74) is 0.699. The average molecular weight is 368 g/mol. The second kappa shape index (κ2) is 11.3. The lowest BCUT2D eigenvalue weighted by Crippen LogP contribution is -2.35. The molecular formula is C20H30ClNO3. The number of esters is 1. The van der Waals surface area contributed by atoms with E-state index >= 15 is 0 Å². The molecule has 0 heterocycles. The van der Waals surface area contributed by atoms with E-state index in [0.29, 0.717) is 12.2 Å². The van der Waals surface area contributed by atoms with Crippen LogP contribution in [0, 0.1) is 11.8 Å². The number of hydrogen-bond donors (Lipinski definition) is 0. The molecule has 4 nitrogen and oxygen atoms in total. The molecule has 1 saturated carbocycles. The Morgan fingerprint density at radius 2 is 1.64 bits per heavy atom. The summed E-state index contributed by atoms with van der Waals surface area (Å²) in [5.74, 6) is -0.637. The highest BCUT2D eigenvalue weighted by atomic mass is 35.5. The third kappa shape index (κ3) is 6.12. The van der Waals surface area contributed by atoms with Crippen LogP contribution in [0.5, 0.6) is 0 Å². The molecule has 0 spiro atoms. The Kier molecular flexibility index (Phi) is 9.76. The monoisotopic (exact) mass is 367 g/mol. The Morgan fingerprint density at radius 3 is 2.24 bits per heavy atom. The first-order valence-corrected chi connectivity index (χ1v) is 9.15. The Bertz CT molecular complexity index is 531. The van der Waals surface area contributed by atoms with E-state index in [0.717, 1.165) is 45.3 Å². The molecule has 5 heteroatoms. The van der Waals surface area contributed by atoms with Gasteiger partial charge in [0.1, 0.15) is 6.61 Å². The first-order chi connectivity index (χ1) is 11.7. The quantitative estimate of drug-likeness (QED) is 0.515. The molecule has 2 rings (SSSR count). The Morgan fingerprint density at radius 1 is 1.04 bits per heavy atom. The van der Waals surface area contributed by atoms with Crippen LogP contribution in [-0.2, 0) is 9.53 Å². The number of halogens is 1. The van der Waals surface area contributed by atoms with Crippen LogP contribution in [0.3, 0.4) is 0 Å². The lowest BCUT2D eigenvalue weighted by atomic mass is 9.75. The third-order valence-electron chi connectivity index (χ3n) is 5.01. The number of carbonyl (C=O) groups is 2. The molecule has 140 valence electrons. The molecule has 0 amide bonds. The van der Waals surface area contributed by atoms with E-state index in [4.69, 9.17) is 4.74 Å². The number of benzene rings is 1. The van der Waals surface area contributed by atoms with Crippen LogP contribution < -0.4 is 0 Å². The van der Waals surface area contributed by atoms with E-state index in [1.165, 1.54) is 0 Å². The zero-order valence-electron chi connectivity index (χ0n) is 15.3. The van der Waals surface area contributed by atoms with E-state index in [-0.39, 0.29) is 36.0 Å². The van der Waals surface area contributed by atoms with Gasteiger partial charge < -0.3 is 9.64 Å². The molecular weight excluding hydrogens is 338 g/mol. The zero-order chi connectivity index (χ0) is 17.4. The maximum absolute atomic E-state index is 12.8. The second-order valence-electron chi connectivity index (χ2n) is 6.42. The van der Waals surface area contributed by atoms with Crippen LogP contribution in [0.1, 0.15) is 49.9 Å². The number of ketones is 1. The molecule has 2 unspecified atom stereocenters. The van der Waals surface area contributed by atoms with Crippen molar-refractivity contribution in [1.82, 2.24) is 4.90 Å². The topological polar surface area (TPSA) is 46.6 Å². The highest BCUT2D eigenvalue weighted by Gasteiger charge is 2.37. The number of rotatable bonds is 8. The number of carbonyl (C=O) groups excluding carboxylic acids is 2. The van der Waals surface area contributed by atoms with Crippen molar-refractivity contribution >= 4 is 24.2 Å². The van der Waals surface area contributed by atoms with Crippen molar-refractivity contribution in [3.8, 4) is 0 Å². The van der Waals surface area contributed by atoms with Gasteiger partial charge in [0.05, 0.1) is 5.92 Å². The molecule has 0 N–H and O–H groups in total. The van der Waals surface area contributed by atoms with E-state index in [2.05, 4.69) is 18.7 Å². The standard InChI is InChI=1S/C20H29NO3.ClH/c1-3-21(4-2)14-15-24-20(23)18-13-9-8-12-17(18)19(22)16-10-6-5-7-11-16;/h5-7,10-11,17-18H,3-4,8-9,12-15H2,1-2H3;1H. The van der Waals surface area contributed by atoms with Crippen molar-refractivity contribution in [3.63, 3.8) is 0 Å². The molecule has 1 aromatic rings. The van der Waals surface area contributed by atoms with Crippen molar-refractivity contribution in [3.05, 3.63) is 35.9 Å². The smallest absolute Gasteiger partial charge is 0.309 e. The maximum Gasteiger partial charge on any atom is 0.309 e. The van der Waals surface area contributed by atoms with Gasteiger partial charge >= 0.3 is 5.97 Å². The summed E-state index contributed by atoms with van der Waals surface area (Å²) >= 11 is 0. The summed E-state index contributed by atoms with van der Waals surface area (Å²) in [6, 6.07) is 9.30. The maximum atomic E-state index is 12.8. The summed E-state index contributed by atoms with van der Waals surface area (Å²) in [4.78, 5) is 27.5. The zero-order valence-corrected chi connectivity index (χ0v) is 16.1. The van der Waals surface area contributed by atoms with Gasteiger partial charge in [0.15, 0.2) is 5.78 Å². The molecule has 1 fully saturated rings. The van der Waals surface area contributed by atoms with Crippen LogP contribution in [0.2, 0.25) is 0 Å². The average Bonchev–Trinajstić information content (AvgIpc) is 2.65. The molecule has 25 heavy (non-hydrogen) atoms. The molecule has 0 aromatic heterocycles. The number of Topliss-reactive ketones (excluding diaryl/α,β-unsaturated/α-hetero) is 1. The van der Waals surface area contributed by atoms with Gasteiger partial charge in [-0.25, -0.2) is 0 Å². The van der Waals surface area contributed by atoms with Gasteiger partial charge in [-0.1, -0.05) is 57.0 Å². The summed E-state index contributed by atoms with van der Waals surface area (Å²) in [7, 11) is 0. The van der Waals surface area contributed by atoms with Crippen molar-refractivity contribution in [2.24, 2.45) is 11.8 Å². The Labute approximate surface area is 157 Å². The van der Waals surface area contributed by atoms with Crippen molar-refractivity contribution in [2.45, 2.75) is 39.5 Å². The molecule has 1 aliphatic carbocycles. The van der Waals surface area contributed by atoms with Crippen molar-refractivity contribution in [1.29, 1.82) is 0 Å². The van der Waals surface area contributed by atoms with Gasteiger partial charge in [-0.2, -0.15) is 0 Å². The normalized spacial score (nSPS) is 20.0. The first-order valence-electron chi connectivity index (χ1n) is 9.15. The number of nitrogens with zero attached hydrogens (tertiary/aromatic N) is 1. The Balaban J connectivity index is 0.00000312. The molecule has 1 aliphatic rings. The molecule has 2 atom stereocenters. The highest BCUT2D eigenvalue weighted by Crippen LogP contribution is 2.33. The van der Waals surface area contributed by atoms with E-state index < -0.39 is 0 Å². The summed E-state index contributed by atoms with van der Waals surface area (Å²) in [6.07, 6.45) is 3.54. The lowest BCUT2D eigenvalue weighted by molar-refractivity contribution is -0.151. The molecule has 0 bridgehead atoms. The largest absolute Gasteiger partial charge is 0.464 e. The minimum absolute atomic E-state index is 0. The molecule has 1 aromatic carbocycles. The van der Waals surface area contributed by atoms with Gasteiger partial charge in [0, 0.05) is 18.0 Å². The van der Waals surface area contributed by atoms with E-state index in [1.54, 1.807) is 0 Å². The number of hydrogen-bond acceptors (Lipinski definition) is 4. The van der Waals surface area contributed by atoms with E-state index in [1.807, 2.05) is 30.3 Å². The van der Waals surface area contributed by atoms with Crippen LogP contribution in [-0.4, -0.2) is 42.9 Å². The van der Waals surface area contributed by atoms with Gasteiger partial charge in [0.25, 0.3) is 0 Å². The van der Waals surface area contributed by atoms with Gasteiger partial charge in [-0.05, 0) is 25.9 Å². The van der Waals surface area contributed by atoms with Gasteiger partial charge in [0.2, 0.25) is 0 Å². The fraction of sp³-hybridized carbons (Fsp3) is 0.600. The van der Waals surface area contributed by atoms with Crippen LogP contribution >= 0.6 is 12.4 Å². The predicted octanol–water partition coefficient (Wildman–Crippen LogP) is 3.98. The van der Waals surface area contributed by atoms with Crippen molar-refractivity contribution in [2.75, 3.05) is 26.2 Å². The van der Waals surface area contributed by atoms with Gasteiger partial charge in [-0.15, -0.1) is 12.4 Å². The second-order valence-corrected chi connectivity index (χ2v) is 6.42. The fourth-order valence-corrected chi connectivity index (χ4v) is 3.47. The number of ether oxygens (including phenoxy) is 1. The first kappa shape index (κ1) is 21.7. The van der Waals surface area contributed by atoms with E-state index in [9.17, 15) is 9.59 Å². The summed E-state index contributed by atoms with van der Waals surface area (Å²) in [6.45, 7) is 7.26. The molecule has 0 aliphatic heterocycles. The summed E-state index contributed by atoms with van der Waals surface area (Å²) < 4.78 is 5.50. The number of likely N-dealkylation sites (N-methyl/N-ethyl adjacent to an activating group) is 1. The minimum Gasteiger partial charge on any atom is -0.464 e. The Hall–Kier alpha value is -1.39. The fourth-order valence-electron chi connectivity index (χ4n) is 3.47. The summed E-state index contributed by atoms with van der Waals surface area (Å²) in [5, 5.41) is 0. The highest BCUT2D eigenvalue weighted by molar-refractivity contribution is 6.00. The van der Waals surface area contributed by atoms with Crippen molar-refractivity contribution < 1.29 is 14.3 Å². The molecule has 0 radical (unpaired) electrons. The molecule has 0 saturated heterocycles.